The molecule has 0 spiro atoms. The second-order valence-corrected chi connectivity index (χ2v) is 3.59. The van der Waals surface area contributed by atoms with Crippen LogP contribution in [0.5, 0.6) is 0 Å². The van der Waals surface area contributed by atoms with Gasteiger partial charge in [0, 0.05) is 19.2 Å². The first-order valence-corrected chi connectivity index (χ1v) is 5.35. The monoisotopic (exact) mass is 235 g/mol. The van der Waals surface area contributed by atoms with Gasteiger partial charge in [-0.3, -0.25) is 9.59 Å². The first kappa shape index (κ1) is 12.3. The summed E-state index contributed by atoms with van der Waals surface area (Å²) in [7, 11) is 1.57. The largest absolute Gasteiger partial charge is 0.440 e. The molecule has 1 aliphatic rings. The number of amides is 1. The molecular formula is C8H13NO5S. The topological polar surface area (TPSA) is 73.9 Å². The summed E-state index contributed by atoms with van der Waals surface area (Å²) in [5.41, 5.74) is 0. The Morgan fingerprint density at radius 3 is 2.93 bits per heavy atom. The van der Waals surface area contributed by atoms with Crippen LogP contribution in [0, 0.1) is 0 Å². The maximum atomic E-state index is 11.1. The summed E-state index contributed by atoms with van der Waals surface area (Å²) in [6.07, 6.45) is -0.203. The van der Waals surface area contributed by atoms with Crippen molar-refractivity contribution in [3.63, 3.8) is 0 Å². The van der Waals surface area contributed by atoms with Crippen molar-refractivity contribution >= 4 is 23.9 Å². The van der Waals surface area contributed by atoms with Crippen LogP contribution in [0.15, 0.2) is 0 Å². The number of ether oxygens (including phenoxy) is 2. The van der Waals surface area contributed by atoms with Crippen molar-refractivity contribution < 1.29 is 23.2 Å². The normalized spacial score (nSPS) is 19.3. The van der Waals surface area contributed by atoms with E-state index in [9.17, 15) is 9.59 Å². The van der Waals surface area contributed by atoms with Crippen molar-refractivity contribution in [2.45, 2.75) is 12.6 Å². The third kappa shape index (κ3) is 5.01. The number of hydrogen-bond donors (Lipinski definition) is 1. The van der Waals surface area contributed by atoms with Gasteiger partial charge in [0.05, 0.1) is 19.6 Å². The predicted octanol–water partition coefficient (Wildman–Crippen LogP) is -0.313. The van der Waals surface area contributed by atoms with Gasteiger partial charge >= 0.3 is 5.97 Å². The number of β-lactam (4-membered cyclic amide) rings is 1. The summed E-state index contributed by atoms with van der Waals surface area (Å²) >= 11 is 1.01. The number of rotatable bonds is 7. The Labute approximate surface area is 91.8 Å². The van der Waals surface area contributed by atoms with Crippen molar-refractivity contribution in [1.82, 2.24) is 5.32 Å². The molecule has 1 heterocycles. The van der Waals surface area contributed by atoms with Crippen molar-refractivity contribution in [3.05, 3.63) is 0 Å². The van der Waals surface area contributed by atoms with Gasteiger partial charge in [0.1, 0.15) is 5.75 Å². The highest BCUT2D eigenvalue weighted by atomic mass is 32.2. The summed E-state index contributed by atoms with van der Waals surface area (Å²) in [5, 5.41) is 2.43. The molecule has 1 N–H and O–H groups in total. The fourth-order valence-corrected chi connectivity index (χ4v) is 1.29. The van der Waals surface area contributed by atoms with Crippen LogP contribution in [0.1, 0.15) is 6.42 Å². The number of methoxy groups -OCH3 is 1. The molecule has 6 nitrogen and oxygen atoms in total. The van der Waals surface area contributed by atoms with E-state index in [1.165, 1.54) is 0 Å². The van der Waals surface area contributed by atoms with E-state index in [-0.39, 0.29) is 18.1 Å². The molecule has 1 amide bonds. The average Bonchev–Trinajstić information content (AvgIpc) is 2.15. The third-order valence-electron chi connectivity index (χ3n) is 1.60. The highest BCUT2D eigenvalue weighted by Gasteiger charge is 2.28. The average molecular weight is 235 g/mol. The molecule has 1 fully saturated rings. The Balaban J connectivity index is 1.92. The second kappa shape index (κ2) is 6.65. The second-order valence-electron chi connectivity index (χ2n) is 2.83. The molecule has 1 atom stereocenters. The van der Waals surface area contributed by atoms with Crippen molar-refractivity contribution in [2.24, 2.45) is 0 Å². The Hall–Kier alpha value is -0.790. The maximum Gasteiger partial charge on any atom is 0.320 e. The molecule has 15 heavy (non-hydrogen) atoms. The summed E-state index contributed by atoms with van der Waals surface area (Å²) in [6.45, 7) is 0.912. The number of carbonyl (C=O) groups is 2. The summed E-state index contributed by atoms with van der Waals surface area (Å²) in [6, 6.07) is 0. The van der Waals surface area contributed by atoms with Gasteiger partial charge in [-0.05, 0) is 0 Å². The van der Waals surface area contributed by atoms with Crippen LogP contribution >= 0.6 is 12.0 Å². The van der Waals surface area contributed by atoms with Gasteiger partial charge in [-0.15, -0.1) is 0 Å². The molecule has 7 heteroatoms. The number of esters is 1. The Morgan fingerprint density at radius 2 is 2.33 bits per heavy atom. The lowest BCUT2D eigenvalue weighted by molar-refractivity contribution is -0.158. The number of hydrogen-bond acceptors (Lipinski definition) is 6. The lowest BCUT2D eigenvalue weighted by atomic mass is 10.2. The summed E-state index contributed by atoms with van der Waals surface area (Å²) < 4.78 is 14.6. The summed E-state index contributed by atoms with van der Waals surface area (Å²) in [5.74, 6) is -0.394. The molecule has 0 aromatic carbocycles. The van der Waals surface area contributed by atoms with E-state index in [4.69, 9.17) is 13.7 Å². The smallest absolute Gasteiger partial charge is 0.320 e. The number of carbonyl (C=O) groups excluding carboxylic acids is 2. The minimum Gasteiger partial charge on any atom is -0.440 e. The first-order valence-electron chi connectivity index (χ1n) is 4.44. The van der Waals surface area contributed by atoms with E-state index >= 15 is 0 Å². The fourth-order valence-electron chi connectivity index (χ4n) is 0.857. The lowest BCUT2D eigenvalue weighted by Gasteiger charge is -2.26. The molecule has 0 radical (unpaired) electrons. The Bertz CT molecular complexity index is 227. The molecule has 0 saturated carbocycles. The van der Waals surface area contributed by atoms with Gasteiger partial charge in [-0.1, -0.05) is 0 Å². The first-order chi connectivity index (χ1) is 7.22. The van der Waals surface area contributed by atoms with E-state index in [0.29, 0.717) is 13.2 Å². The van der Waals surface area contributed by atoms with Crippen LogP contribution in [0.2, 0.25) is 0 Å². The van der Waals surface area contributed by atoms with E-state index in [1.807, 2.05) is 0 Å². The fraction of sp³-hybridized carbons (Fsp3) is 0.750. The van der Waals surface area contributed by atoms with Gasteiger partial charge in [-0.25, -0.2) is 0 Å². The molecule has 1 saturated heterocycles. The minimum absolute atomic E-state index is 0.100. The number of nitrogens with one attached hydrogen (secondary N) is 1. The van der Waals surface area contributed by atoms with Crippen LogP contribution in [0.25, 0.3) is 0 Å². The molecule has 1 rings (SSSR count). The third-order valence-corrected chi connectivity index (χ3v) is 2.28. The zero-order valence-electron chi connectivity index (χ0n) is 8.36. The van der Waals surface area contributed by atoms with Crippen molar-refractivity contribution in [2.75, 3.05) is 26.1 Å². The molecular weight excluding hydrogens is 222 g/mol. The van der Waals surface area contributed by atoms with E-state index in [0.717, 1.165) is 12.0 Å². The van der Waals surface area contributed by atoms with Gasteiger partial charge in [0.2, 0.25) is 5.91 Å². The molecule has 0 aliphatic carbocycles. The van der Waals surface area contributed by atoms with Crippen LogP contribution in [0.4, 0.5) is 0 Å². The standard InChI is InChI=1S/C8H13NO5S/c1-12-2-3-13-15-5-8(11)14-7-4-6(10)9-7/h7H,2-5H2,1H3,(H,9,10). The van der Waals surface area contributed by atoms with Gasteiger partial charge < -0.3 is 19.0 Å². The SMILES string of the molecule is COCCOSCC(=O)OC1CC(=O)N1. The van der Waals surface area contributed by atoms with E-state index in [2.05, 4.69) is 5.32 Å². The van der Waals surface area contributed by atoms with Gasteiger partial charge in [0.15, 0.2) is 6.23 Å². The zero-order chi connectivity index (χ0) is 11.1. The van der Waals surface area contributed by atoms with Crippen LogP contribution in [-0.2, 0) is 23.2 Å². The van der Waals surface area contributed by atoms with Crippen LogP contribution < -0.4 is 5.32 Å². The quantitative estimate of drug-likeness (QED) is 0.282. The van der Waals surface area contributed by atoms with Crippen molar-refractivity contribution in [3.8, 4) is 0 Å². The minimum atomic E-state index is -0.454. The van der Waals surface area contributed by atoms with E-state index in [1.54, 1.807) is 7.11 Å². The maximum absolute atomic E-state index is 11.1. The molecule has 1 unspecified atom stereocenters. The molecule has 1 aliphatic heterocycles. The van der Waals surface area contributed by atoms with Crippen LogP contribution in [-0.4, -0.2) is 44.2 Å². The molecule has 0 aromatic heterocycles. The summed E-state index contributed by atoms with van der Waals surface area (Å²) in [4.78, 5) is 21.6. The zero-order valence-corrected chi connectivity index (χ0v) is 9.17. The van der Waals surface area contributed by atoms with Gasteiger partial charge in [0.25, 0.3) is 0 Å². The highest BCUT2D eigenvalue weighted by molar-refractivity contribution is 7.95. The van der Waals surface area contributed by atoms with Gasteiger partial charge in [-0.2, -0.15) is 0 Å². The predicted molar refractivity (Wildman–Crippen MR) is 52.9 cm³/mol. The van der Waals surface area contributed by atoms with E-state index < -0.39 is 12.2 Å². The van der Waals surface area contributed by atoms with Crippen molar-refractivity contribution in [1.29, 1.82) is 0 Å². The molecule has 86 valence electrons. The highest BCUT2D eigenvalue weighted by Crippen LogP contribution is 2.08. The lowest BCUT2D eigenvalue weighted by Crippen LogP contribution is -2.51. The molecule has 0 bridgehead atoms. The Morgan fingerprint density at radius 1 is 1.60 bits per heavy atom. The Kier molecular flexibility index (Phi) is 5.44. The van der Waals surface area contributed by atoms with Crippen LogP contribution in [0.3, 0.4) is 0 Å². The molecule has 0 aromatic rings.